The Hall–Kier alpha value is -1.97. The molecule has 0 fully saturated rings. The zero-order chi connectivity index (χ0) is 14.0. The van der Waals surface area contributed by atoms with Crippen LogP contribution in [0.3, 0.4) is 0 Å². The van der Waals surface area contributed by atoms with Gasteiger partial charge in [-0.2, -0.15) is 5.10 Å². The van der Waals surface area contributed by atoms with Gasteiger partial charge >= 0.3 is 0 Å². The van der Waals surface area contributed by atoms with Gasteiger partial charge < -0.3 is 11.1 Å². The Bertz CT molecular complexity index is 552. The van der Waals surface area contributed by atoms with E-state index in [9.17, 15) is 0 Å². The third-order valence-electron chi connectivity index (χ3n) is 3.20. The molecule has 0 saturated carbocycles. The maximum atomic E-state index is 6.08. The first-order chi connectivity index (χ1) is 8.99. The van der Waals surface area contributed by atoms with E-state index in [1.165, 1.54) is 11.1 Å². The van der Waals surface area contributed by atoms with E-state index in [1.54, 1.807) is 0 Å². The number of nitrogens with one attached hydrogen (secondary N) is 1. The first-order valence-corrected chi connectivity index (χ1v) is 6.63. The molecule has 1 aromatic carbocycles. The Kier molecular flexibility index (Phi) is 3.79. The van der Waals surface area contributed by atoms with E-state index < -0.39 is 0 Å². The van der Waals surface area contributed by atoms with Gasteiger partial charge in [-0.15, -0.1) is 0 Å². The van der Waals surface area contributed by atoms with Gasteiger partial charge in [-0.3, -0.25) is 0 Å². The van der Waals surface area contributed by atoms with Crippen molar-refractivity contribution in [3.05, 3.63) is 41.1 Å². The molecule has 1 heterocycles. The molecule has 0 aliphatic carbocycles. The SMILES string of the molecule is Cc1ccc(CNc2c(N)c(C)nn2C(C)C)cc1. The highest BCUT2D eigenvalue weighted by molar-refractivity contribution is 5.65. The van der Waals surface area contributed by atoms with E-state index in [2.05, 4.69) is 55.5 Å². The van der Waals surface area contributed by atoms with Crippen molar-refractivity contribution in [2.75, 3.05) is 11.1 Å². The summed E-state index contributed by atoms with van der Waals surface area (Å²) in [6.45, 7) is 8.98. The van der Waals surface area contributed by atoms with Gasteiger partial charge in [0.25, 0.3) is 0 Å². The molecule has 3 N–H and O–H groups in total. The van der Waals surface area contributed by atoms with Gasteiger partial charge in [0.2, 0.25) is 0 Å². The van der Waals surface area contributed by atoms with Crippen LogP contribution in [0.15, 0.2) is 24.3 Å². The van der Waals surface area contributed by atoms with Crippen LogP contribution in [-0.4, -0.2) is 9.78 Å². The summed E-state index contributed by atoms with van der Waals surface area (Å²) < 4.78 is 1.94. The fraction of sp³-hybridized carbons (Fsp3) is 0.400. The standard InChI is InChI=1S/C15H22N4/c1-10(2)19-15(14(16)12(4)18-19)17-9-13-7-5-11(3)6-8-13/h5-8,10,17H,9,16H2,1-4H3. The zero-order valence-electron chi connectivity index (χ0n) is 12.1. The zero-order valence-corrected chi connectivity index (χ0v) is 12.1. The van der Waals surface area contributed by atoms with Crippen molar-refractivity contribution in [1.82, 2.24) is 9.78 Å². The number of anilines is 2. The number of aromatic nitrogens is 2. The van der Waals surface area contributed by atoms with Gasteiger partial charge in [-0.1, -0.05) is 29.8 Å². The van der Waals surface area contributed by atoms with E-state index in [-0.39, 0.29) is 6.04 Å². The lowest BCUT2D eigenvalue weighted by Gasteiger charge is -2.13. The molecule has 2 aromatic rings. The number of rotatable bonds is 4. The minimum Gasteiger partial charge on any atom is -0.394 e. The van der Waals surface area contributed by atoms with Gasteiger partial charge in [0.1, 0.15) is 5.82 Å². The van der Waals surface area contributed by atoms with Crippen molar-refractivity contribution in [3.63, 3.8) is 0 Å². The second-order valence-corrected chi connectivity index (χ2v) is 5.23. The Balaban J connectivity index is 2.17. The lowest BCUT2D eigenvalue weighted by atomic mass is 10.1. The number of hydrogen-bond acceptors (Lipinski definition) is 3. The molecule has 4 heteroatoms. The topological polar surface area (TPSA) is 55.9 Å². The molecule has 0 aliphatic rings. The average molecular weight is 258 g/mol. The van der Waals surface area contributed by atoms with Crippen LogP contribution >= 0.6 is 0 Å². The van der Waals surface area contributed by atoms with Crippen molar-refractivity contribution in [2.24, 2.45) is 0 Å². The molecule has 0 aliphatic heterocycles. The van der Waals surface area contributed by atoms with E-state index >= 15 is 0 Å². The van der Waals surface area contributed by atoms with Crippen LogP contribution in [0.2, 0.25) is 0 Å². The molecular weight excluding hydrogens is 236 g/mol. The summed E-state index contributed by atoms with van der Waals surface area (Å²) in [5.41, 5.74) is 10.2. The molecule has 0 spiro atoms. The first-order valence-electron chi connectivity index (χ1n) is 6.63. The molecular formula is C15H22N4. The first kappa shape index (κ1) is 13.5. The van der Waals surface area contributed by atoms with E-state index in [4.69, 9.17) is 5.73 Å². The summed E-state index contributed by atoms with van der Waals surface area (Å²) in [6.07, 6.45) is 0. The normalized spacial score (nSPS) is 11.0. The van der Waals surface area contributed by atoms with Crippen LogP contribution in [0.5, 0.6) is 0 Å². The number of nitrogens with two attached hydrogens (primary N) is 1. The quantitative estimate of drug-likeness (QED) is 0.885. The third kappa shape index (κ3) is 2.89. The second kappa shape index (κ2) is 5.34. The molecule has 0 saturated heterocycles. The molecule has 1 aromatic heterocycles. The Morgan fingerprint density at radius 1 is 1.21 bits per heavy atom. The highest BCUT2D eigenvalue weighted by atomic mass is 15.4. The molecule has 0 atom stereocenters. The fourth-order valence-electron chi connectivity index (χ4n) is 2.00. The second-order valence-electron chi connectivity index (χ2n) is 5.23. The molecule has 0 radical (unpaired) electrons. The number of nitrogen functional groups attached to an aromatic ring is 1. The van der Waals surface area contributed by atoms with Gasteiger partial charge in [-0.05, 0) is 33.3 Å². The minimum atomic E-state index is 0.288. The van der Waals surface area contributed by atoms with Gasteiger partial charge in [0, 0.05) is 12.6 Å². The Labute approximate surface area is 114 Å². The molecule has 19 heavy (non-hydrogen) atoms. The predicted octanol–water partition coefficient (Wildman–Crippen LogP) is 3.28. The summed E-state index contributed by atoms with van der Waals surface area (Å²) in [5.74, 6) is 0.910. The van der Waals surface area contributed by atoms with Crippen molar-refractivity contribution in [3.8, 4) is 0 Å². The van der Waals surface area contributed by atoms with Crippen molar-refractivity contribution in [2.45, 2.75) is 40.3 Å². The summed E-state index contributed by atoms with van der Waals surface area (Å²) in [7, 11) is 0. The Morgan fingerprint density at radius 3 is 2.42 bits per heavy atom. The highest BCUT2D eigenvalue weighted by Gasteiger charge is 2.14. The van der Waals surface area contributed by atoms with Gasteiger partial charge in [-0.25, -0.2) is 4.68 Å². The predicted molar refractivity (Wildman–Crippen MR) is 80.3 cm³/mol. The smallest absolute Gasteiger partial charge is 0.148 e. The number of nitrogens with zero attached hydrogens (tertiary/aromatic N) is 2. The lowest BCUT2D eigenvalue weighted by molar-refractivity contribution is 0.534. The number of hydrogen-bond donors (Lipinski definition) is 2. The molecule has 102 valence electrons. The van der Waals surface area contributed by atoms with Crippen molar-refractivity contribution < 1.29 is 0 Å². The number of benzene rings is 1. The van der Waals surface area contributed by atoms with Gasteiger partial charge in [0.05, 0.1) is 11.4 Å². The molecule has 2 rings (SSSR count). The molecule has 4 nitrogen and oxygen atoms in total. The summed E-state index contributed by atoms with van der Waals surface area (Å²) >= 11 is 0. The maximum absolute atomic E-state index is 6.08. The third-order valence-corrected chi connectivity index (χ3v) is 3.20. The van der Waals surface area contributed by atoms with Crippen LogP contribution in [0, 0.1) is 13.8 Å². The van der Waals surface area contributed by atoms with E-state index in [0.29, 0.717) is 0 Å². The molecule has 0 amide bonds. The van der Waals surface area contributed by atoms with Crippen LogP contribution in [-0.2, 0) is 6.54 Å². The van der Waals surface area contributed by atoms with Crippen LogP contribution in [0.4, 0.5) is 11.5 Å². The summed E-state index contributed by atoms with van der Waals surface area (Å²) in [4.78, 5) is 0. The van der Waals surface area contributed by atoms with Crippen molar-refractivity contribution in [1.29, 1.82) is 0 Å². The largest absolute Gasteiger partial charge is 0.394 e. The van der Waals surface area contributed by atoms with Gasteiger partial charge in [0.15, 0.2) is 0 Å². The summed E-state index contributed by atoms with van der Waals surface area (Å²) in [5, 5.41) is 7.86. The van der Waals surface area contributed by atoms with Crippen LogP contribution < -0.4 is 11.1 Å². The maximum Gasteiger partial charge on any atom is 0.148 e. The monoisotopic (exact) mass is 258 g/mol. The van der Waals surface area contributed by atoms with Crippen LogP contribution in [0.25, 0.3) is 0 Å². The van der Waals surface area contributed by atoms with Crippen LogP contribution in [0.1, 0.15) is 36.7 Å². The minimum absolute atomic E-state index is 0.288. The van der Waals surface area contributed by atoms with Crippen molar-refractivity contribution >= 4 is 11.5 Å². The lowest BCUT2D eigenvalue weighted by Crippen LogP contribution is -2.11. The number of aryl methyl sites for hydroxylation is 2. The summed E-state index contributed by atoms with van der Waals surface area (Å²) in [6, 6.07) is 8.77. The molecule has 0 unspecified atom stereocenters. The molecule has 0 bridgehead atoms. The fourth-order valence-corrected chi connectivity index (χ4v) is 2.00. The van der Waals surface area contributed by atoms with E-state index in [1.807, 2.05) is 11.6 Å². The van der Waals surface area contributed by atoms with E-state index in [0.717, 1.165) is 23.7 Å². The Morgan fingerprint density at radius 2 is 1.84 bits per heavy atom. The highest BCUT2D eigenvalue weighted by Crippen LogP contribution is 2.25. The average Bonchev–Trinajstić information content (AvgIpc) is 2.66.